The third kappa shape index (κ3) is 3.72. The van der Waals surface area contributed by atoms with Crippen molar-refractivity contribution < 1.29 is 9.59 Å². The highest BCUT2D eigenvalue weighted by molar-refractivity contribution is 7.17. The van der Waals surface area contributed by atoms with Gasteiger partial charge in [-0.1, -0.05) is 60.7 Å². The largest absolute Gasteiger partial charge is 0.288 e. The average molecular weight is 509 g/mol. The van der Waals surface area contributed by atoms with Gasteiger partial charge in [0.1, 0.15) is 10.8 Å². The number of anilines is 3. The van der Waals surface area contributed by atoms with Crippen LogP contribution in [0.4, 0.5) is 16.5 Å². The standard InChI is InChI=1S/C33H20N2O2S/c36-32-27-18-23-9-3-4-10-24(23)19-28(27)33(37)29(32)20-26-14-15-31(38-26)35(30-11-5-6-16-34-30)25-13-12-21-7-1-2-8-22(21)17-25/h1-20H. The number of aromatic nitrogens is 1. The molecule has 1 aliphatic carbocycles. The summed E-state index contributed by atoms with van der Waals surface area (Å²) < 4.78 is 0. The van der Waals surface area contributed by atoms with Crippen LogP contribution in [0, 0.1) is 0 Å². The Hall–Kier alpha value is -4.87. The van der Waals surface area contributed by atoms with E-state index in [1.54, 1.807) is 12.3 Å². The number of allylic oxidation sites excluding steroid dienone is 1. The molecule has 4 aromatic carbocycles. The number of nitrogens with zero attached hydrogens (tertiary/aromatic N) is 2. The topological polar surface area (TPSA) is 50.3 Å². The molecule has 0 spiro atoms. The Morgan fingerprint density at radius 2 is 1.26 bits per heavy atom. The van der Waals surface area contributed by atoms with E-state index < -0.39 is 0 Å². The molecule has 0 radical (unpaired) electrons. The smallest absolute Gasteiger partial charge is 0.197 e. The van der Waals surface area contributed by atoms with E-state index in [9.17, 15) is 9.59 Å². The Labute approximate surface area is 223 Å². The minimum Gasteiger partial charge on any atom is -0.288 e. The zero-order valence-electron chi connectivity index (χ0n) is 20.2. The predicted molar refractivity (Wildman–Crippen MR) is 155 cm³/mol. The Morgan fingerprint density at radius 3 is 1.92 bits per heavy atom. The SMILES string of the molecule is O=C1C(=Cc2ccc(N(c3ccc4ccccc4c3)c3ccccn3)s2)C(=O)c2cc3ccccc3cc21. The lowest BCUT2D eigenvalue weighted by Crippen LogP contribution is -2.09. The molecule has 180 valence electrons. The number of carbonyl (C=O) groups excluding carboxylic acids is 2. The van der Waals surface area contributed by atoms with Gasteiger partial charge in [0.25, 0.3) is 0 Å². The third-order valence-electron chi connectivity index (χ3n) is 6.85. The van der Waals surface area contributed by atoms with Crippen molar-refractivity contribution in [2.24, 2.45) is 0 Å². The molecular weight excluding hydrogens is 488 g/mol. The van der Waals surface area contributed by atoms with Gasteiger partial charge in [-0.15, -0.1) is 11.3 Å². The molecule has 38 heavy (non-hydrogen) atoms. The number of pyridine rings is 1. The first-order valence-electron chi connectivity index (χ1n) is 12.3. The normalized spacial score (nSPS) is 12.8. The monoisotopic (exact) mass is 508 g/mol. The number of ketones is 2. The first kappa shape index (κ1) is 22.3. The van der Waals surface area contributed by atoms with Crippen molar-refractivity contribution in [3.8, 4) is 0 Å². The van der Waals surface area contributed by atoms with E-state index in [1.807, 2.05) is 78.9 Å². The van der Waals surface area contributed by atoms with Gasteiger partial charge in [-0.2, -0.15) is 0 Å². The first-order chi connectivity index (χ1) is 18.7. The number of hydrogen-bond acceptors (Lipinski definition) is 5. The van der Waals surface area contributed by atoms with Gasteiger partial charge in [0.2, 0.25) is 0 Å². The molecule has 6 aromatic rings. The van der Waals surface area contributed by atoms with Gasteiger partial charge >= 0.3 is 0 Å². The maximum absolute atomic E-state index is 13.3. The van der Waals surface area contributed by atoms with Crippen molar-refractivity contribution >= 4 is 67.0 Å². The van der Waals surface area contributed by atoms with Gasteiger partial charge in [0, 0.05) is 27.9 Å². The van der Waals surface area contributed by atoms with E-state index in [0.29, 0.717) is 11.1 Å². The Kier molecular flexibility index (Phi) is 5.23. The van der Waals surface area contributed by atoms with Crippen LogP contribution in [0.5, 0.6) is 0 Å². The van der Waals surface area contributed by atoms with Crippen molar-refractivity contribution in [3.63, 3.8) is 0 Å². The molecule has 7 rings (SSSR count). The van der Waals surface area contributed by atoms with Gasteiger partial charge in [0.05, 0.1) is 5.57 Å². The van der Waals surface area contributed by atoms with Crippen LogP contribution in [-0.2, 0) is 0 Å². The summed E-state index contributed by atoms with van der Waals surface area (Å²) in [5.74, 6) is 0.347. The van der Waals surface area contributed by atoms with Gasteiger partial charge in [-0.25, -0.2) is 4.98 Å². The quantitative estimate of drug-likeness (QED) is 0.177. The summed E-state index contributed by atoms with van der Waals surface area (Å²) in [6, 6.07) is 35.8. The highest BCUT2D eigenvalue weighted by atomic mass is 32.1. The fourth-order valence-corrected chi connectivity index (χ4v) is 5.98. The molecule has 0 fully saturated rings. The molecule has 0 amide bonds. The van der Waals surface area contributed by atoms with Gasteiger partial charge in [-0.05, 0) is 76.2 Å². The van der Waals surface area contributed by atoms with Crippen molar-refractivity contribution in [1.82, 2.24) is 4.98 Å². The number of benzene rings is 4. The van der Waals surface area contributed by atoms with E-state index >= 15 is 0 Å². The van der Waals surface area contributed by atoms with Crippen LogP contribution < -0.4 is 4.90 Å². The average Bonchev–Trinajstić information content (AvgIpc) is 3.51. The second-order valence-electron chi connectivity index (χ2n) is 9.19. The molecule has 0 saturated carbocycles. The van der Waals surface area contributed by atoms with Gasteiger partial charge in [-0.3, -0.25) is 14.5 Å². The van der Waals surface area contributed by atoms with E-state index in [0.717, 1.165) is 37.5 Å². The second kappa shape index (κ2) is 8.91. The highest BCUT2D eigenvalue weighted by Crippen LogP contribution is 2.40. The lowest BCUT2D eigenvalue weighted by Gasteiger charge is -2.22. The molecule has 2 heterocycles. The summed E-state index contributed by atoms with van der Waals surface area (Å²) in [7, 11) is 0. The Balaban J connectivity index is 1.29. The summed E-state index contributed by atoms with van der Waals surface area (Å²) in [5.41, 5.74) is 2.14. The number of rotatable bonds is 4. The van der Waals surface area contributed by atoms with E-state index in [2.05, 4.69) is 40.2 Å². The molecule has 5 heteroatoms. The number of carbonyl (C=O) groups is 2. The van der Waals surface area contributed by atoms with Crippen LogP contribution in [0.1, 0.15) is 25.6 Å². The molecular formula is C33H20N2O2S. The predicted octanol–water partition coefficient (Wildman–Crippen LogP) is 8.38. The summed E-state index contributed by atoms with van der Waals surface area (Å²) in [5, 5.41) is 5.14. The first-order valence-corrected chi connectivity index (χ1v) is 13.1. The fourth-order valence-electron chi connectivity index (χ4n) is 5.00. The summed E-state index contributed by atoms with van der Waals surface area (Å²) in [6.45, 7) is 0. The maximum Gasteiger partial charge on any atom is 0.197 e. The molecule has 4 nitrogen and oxygen atoms in total. The molecule has 0 N–H and O–H groups in total. The number of fused-ring (bicyclic) bond motifs is 3. The summed E-state index contributed by atoms with van der Waals surface area (Å²) in [4.78, 5) is 34.1. The van der Waals surface area contributed by atoms with Crippen molar-refractivity contribution in [3.05, 3.63) is 137 Å². The van der Waals surface area contributed by atoms with E-state index in [1.165, 1.54) is 16.7 Å². The van der Waals surface area contributed by atoms with Crippen LogP contribution in [0.2, 0.25) is 0 Å². The molecule has 0 atom stereocenters. The second-order valence-corrected chi connectivity index (χ2v) is 10.3. The third-order valence-corrected chi connectivity index (χ3v) is 7.87. The van der Waals surface area contributed by atoms with Crippen LogP contribution in [-0.4, -0.2) is 16.6 Å². The lowest BCUT2D eigenvalue weighted by atomic mass is 10.0. The number of hydrogen-bond donors (Lipinski definition) is 0. The van der Waals surface area contributed by atoms with Gasteiger partial charge < -0.3 is 0 Å². The maximum atomic E-state index is 13.3. The van der Waals surface area contributed by atoms with Crippen LogP contribution in [0.3, 0.4) is 0 Å². The van der Waals surface area contributed by atoms with Crippen LogP contribution >= 0.6 is 11.3 Å². The highest BCUT2D eigenvalue weighted by Gasteiger charge is 2.33. The lowest BCUT2D eigenvalue weighted by molar-refractivity contribution is 0.0990. The van der Waals surface area contributed by atoms with Crippen molar-refractivity contribution in [2.75, 3.05) is 4.90 Å². The van der Waals surface area contributed by atoms with Crippen molar-refractivity contribution in [1.29, 1.82) is 0 Å². The summed E-state index contributed by atoms with van der Waals surface area (Å²) in [6.07, 6.45) is 3.50. The van der Waals surface area contributed by atoms with Crippen molar-refractivity contribution in [2.45, 2.75) is 0 Å². The zero-order chi connectivity index (χ0) is 25.6. The molecule has 0 unspecified atom stereocenters. The summed E-state index contributed by atoms with van der Waals surface area (Å²) >= 11 is 1.51. The van der Waals surface area contributed by atoms with Crippen LogP contribution in [0.15, 0.2) is 121 Å². The Morgan fingerprint density at radius 1 is 0.632 bits per heavy atom. The molecule has 1 aliphatic rings. The minimum absolute atomic E-state index is 0.207. The van der Waals surface area contributed by atoms with E-state index in [-0.39, 0.29) is 17.1 Å². The van der Waals surface area contributed by atoms with Gasteiger partial charge in [0.15, 0.2) is 11.6 Å². The fraction of sp³-hybridized carbons (Fsp3) is 0. The van der Waals surface area contributed by atoms with Crippen LogP contribution in [0.25, 0.3) is 27.6 Å². The molecule has 0 aliphatic heterocycles. The number of Topliss-reactive ketones (excluding diaryl/α,β-unsaturated/α-hetero) is 2. The molecule has 0 saturated heterocycles. The van der Waals surface area contributed by atoms with E-state index in [4.69, 9.17) is 0 Å². The minimum atomic E-state index is -0.221. The number of thiophene rings is 1. The zero-order valence-corrected chi connectivity index (χ0v) is 21.0. The Bertz CT molecular complexity index is 1860. The molecule has 0 bridgehead atoms. The molecule has 2 aromatic heterocycles.